The lowest BCUT2D eigenvalue weighted by atomic mass is 10.1. The second kappa shape index (κ2) is 8.54. The molecule has 1 fully saturated rings. The Bertz CT molecular complexity index is 910. The number of rotatable bonds is 6. The molecule has 28 heavy (non-hydrogen) atoms. The standard InChI is InChI=1S/C22H27N5O/c1-2-18-6-5-7-19(14-18)24-22(28)17-26-12-10-25(11-13-26)15-20-16-27-9-4-3-8-21(27)23-20/h3-9,14,16H,2,10-13,15,17H2,1H3,(H,24,28). The van der Waals surface area contributed by atoms with Crippen LogP contribution in [0.3, 0.4) is 0 Å². The quantitative estimate of drug-likeness (QED) is 0.718. The van der Waals surface area contributed by atoms with E-state index in [9.17, 15) is 4.79 Å². The van der Waals surface area contributed by atoms with Crippen LogP contribution in [-0.2, 0) is 17.8 Å². The highest BCUT2D eigenvalue weighted by Crippen LogP contribution is 2.12. The van der Waals surface area contributed by atoms with E-state index in [0.717, 1.165) is 56.2 Å². The summed E-state index contributed by atoms with van der Waals surface area (Å²) in [7, 11) is 0. The van der Waals surface area contributed by atoms with Crippen LogP contribution in [0.4, 0.5) is 5.69 Å². The molecule has 0 bridgehead atoms. The van der Waals surface area contributed by atoms with E-state index in [2.05, 4.69) is 43.7 Å². The van der Waals surface area contributed by atoms with E-state index in [0.29, 0.717) is 6.54 Å². The minimum absolute atomic E-state index is 0.0575. The number of fused-ring (bicyclic) bond motifs is 1. The van der Waals surface area contributed by atoms with Crippen LogP contribution in [0.1, 0.15) is 18.2 Å². The van der Waals surface area contributed by atoms with Crippen LogP contribution in [0.25, 0.3) is 5.65 Å². The number of hydrogen-bond acceptors (Lipinski definition) is 4. The van der Waals surface area contributed by atoms with Crippen LogP contribution in [-0.4, -0.2) is 57.8 Å². The number of carbonyl (C=O) groups is 1. The first kappa shape index (κ1) is 18.7. The zero-order chi connectivity index (χ0) is 19.3. The zero-order valence-electron chi connectivity index (χ0n) is 16.3. The van der Waals surface area contributed by atoms with Crippen LogP contribution >= 0.6 is 0 Å². The highest BCUT2D eigenvalue weighted by molar-refractivity contribution is 5.92. The molecule has 4 rings (SSSR count). The summed E-state index contributed by atoms with van der Waals surface area (Å²) in [5, 5.41) is 3.02. The number of imidazole rings is 1. The molecule has 0 saturated carbocycles. The fraction of sp³-hybridized carbons (Fsp3) is 0.364. The van der Waals surface area contributed by atoms with E-state index in [-0.39, 0.29) is 5.91 Å². The number of nitrogens with one attached hydrogen (secondary N) is 1. The average molecular weight is 377 g/mol. The van der Waals surface area contributed by atoms with Crippen molar-refractivity contribution in [2.75, 3.05) is 38.0 Å². The molecule has 1 saturated heterocycles. The van der Waals surface area contributed by atoms with Crippen LogP contribution in [0, 0.1) is 0 Å². The van der Waals surface area contributed by atoms with Crippen molar-refractivity contribution in [3.63, 3.8) is 0 Å². The predicted octanol–water partition coefficient (Wildman–Crippen LogP) is 2.65. The monoisotopic (exact) mass is 377 g/mol. The fourth-order valence-corrected chi connectivity index (χ4v) is 3.67. The third kappa shape index (κ3) is 4.58. The molecular weight excluding hydrogens is 350 g/mol. The van der Waals surface area contributed by atoms with Gasteiger partial charge in [-0.05, 0) is 36.2 Å². The van der Waals surface area contributed by atoms with Gasteiger partial charge in [0.25, 0.3) is 0 Å². The predicted molar refractivity (Wildman–Crippen MR) is 111 cm³/mol. The molecule has 0 atom stereocenters. The lowest BCUT2D eigenvalue weighted by Crippen LogP contribution is -2.48. The summed E-state index contributed by atoms with van der Waals surface area (Å²) < 4.78 is 2.06. The van der Waals surface area contributed by atoms with E-state index >= 15 is 0 Å². The highest BCUT2D eigenvalue weighted by Gasteiger charge is 2.19. The molecule has 0 radical (unpaired) electrons. The molecule has 1 aliphatic heterocycles. The molecule has 6 nitrogen and oxygen atoms in total. The Morgan fingerprint density at radius 3 is 2.68 bits per heavy atom. The Hall–Kier alpha value is -2.70. The van der Waals surface area contributed by atoms with Crippen molar-refractivity contribution in [2.45, 2.75) is 19.9 Å². The number of pyridine rings is 1. The third-order valence-electron chi connectivity index (χ3n) is 5.25. The van der Waals surface area contributed by atoms with Gasteiger partial charge >= 0.3 is 0 Å². The van der Waals surface area contributed by atoms with Crippen LogP contribution < -0.4 is 5.32 Å². The van der Waals surface area contributed by atoms with Crippen molar-refractivity contribution in [3.8, 4) is 0 Å². The van der Waals surface area contributed by atoms with Crippen molar-refractivity contribution in [1.82, 2.24) is 19.2 Å². The van der Waals surface area contributed by atoms with Gasteiger partial charge in [-0.25, -0.2) is 4.98 Å². The number of aryl methyl sites for hydroxylation is 1. The van der Waals surface area contributed by atoms with E-state index < -0.39 is 0 Å². The van der Waals surface area contributed by atoms with Crippen molar-refractivity contribution in [1.29, 1.82) is 0 Å². The van der Waals surface area contributed by atoms with Gasteiger partial charge in [-0.2, -0.15) is 0 Å². The van der Waals surface area contributed by atoms with Gasteiger partial charge in [0, 0.05) is 50.8 Å². The maximum atomic E-state index is 12.4. The number of amides is 1. The first-order chi connectivity index (χ1) is 13.7. The summed E-state index contributed by atoms with van der Waals surface area (Å²) in [6.45, 7) is 7.11. The van der Waals surface area contributed by atoms with Crippen molar-refractivity contribution in [3.05, 3.63) is 66.1 Å². The number of aromatic nitrogens is 2. The third-order valence-corrected chi connectivity index (χ3v) is 5.25. The van der Waals surface area contributed by atoms with E-state index in [1.807, 2.05) is 42.6 Å². The van der Waals surface area contributed by atoms with Crippen molar-refractivity contribution >= 4 is 17.2 Å². The van der Waals surface area contributed by atoms with E-state index in [4.69, 9.17) is 0 Å². The Balaban J connectivity index is 1.25. The number of piperazine rings is 1. The molecule has 1 amide bonds. The molecule has 3 aromatic rings. The summed E-state index contributed by atoms with van der Waals surface area (Å²) >= 11 is 0. The number of benzene rings is 1. The molecule has 2 aromatic heterocycles. The molecule has 0 aliphatic carbocycles. The zero-order valence-corrected chi connectivity index (χ0v) is 16.3. The maximum absolute atomic E-state index is 12.4. The van der Waals surface area contributed by atoms with E-state index in [1.165, 1.54) is 5.56 Å². The Morgan fingerprint density at radius 2 is 1.89 bits per heavy atom. The smallest absolute Gasteiger partial charge is 0.238 e. The average Bonchev–Trinajstić information content (AvgIpc) is 3.12. The number of nitrogens with zero attached hydrogens (tertiary/aromatic N) is 4. The van der Waals surface area contributed by atoms with Crippen LogP contribution in [0.2, 0.25) is 0 Å². The molecule has 1 aliphatic rings. The Kier molecular flexibility index (Phi) is 5.69. The van der Waals surface area contributed by atoms with Gasteiger partial charge < -0.3 is 9.72 Å². The molecule has 146 valence electrons. The normalized spacial score (nSPS) is 15.8. The second-order valence-electron chi connectivity index (χ2n) is 7.35. The minimum Gasteiger partial charge on any atom is -0.325 e. The van der Waals surface area contributed by atoms with Crippen LogP contribution in [0.5, 0.6) is 0 Å². The first-order valence-corrected chi connectivity index (χ1v) is 9.96. The summed E-state index contributed by atoms with van der Waals surface area (Å²) in [6.07, 6.45) is 5.09. The second-order valence-corrected chi connectivity index (χ2v) is 7.35. The SMILES string of the molecule is CCc1cccc(NC(=O)CN2CCN(Cc3cn4ccccc4n3)CC2)c1. The lowest BCUT2D eigenvalue weighted by Gasteiger charge is -2.33. The number of carbonyl (C=O) groups excluding carboxylic acids is 1. The fourth-order valence-electron chi connectivity index (χ4n) is 3.67. The molecule has 0 spiro atoms. The highest BCUT2D eigenvalue weighted by atomic mass is 16.2. The largest absolute Gasteiger partial charge is 0.325 e. The molecule has 0 unspecified atom stereocenters. The van der Waals surface area contributed by atoms with E-state index in [1.54, 1.807) is 0 Å². The van der Waals surface area contributed by atoms with Crippen molar-refractivity contribution in [2.24, 2.45) is 0 Å². The van der Waals surface area contributed by atoms with Gasteiger partial charge in [0.05, 0.1) is 12.2 Å². The molecule has 1 N–H and O–H groups in total. The summed E-state index contributed by atoms with van der Waals surface area (Å²) in [5.41, 5.74) is 4.20. The van der Waals surface area contributed by atoms with Gasteiger partial charge in [0.2, 0.25) is 5.91 Å². The molecule has 1 aromatic carbocycles. The summed E-state index contributed by atoms with van der Waals surface area (Å²) in [6, 6.07) is 14.1. The molecule has 3 heterocycles. The van der Waals surface area contributed by atoms with Gasteiger partial charge in [-0.3, -0.25) is 14.6 Å². The van der Waals surface area contributed by atoms with Gasteiger partial charge in [0.15, 0.2) is 0 Å². The van der Waals surface area contributed by atoms with Gasteiger partial charge in [-0.15, -0.1) is 0 Å². The Labute approximate surface area is 165 Å². The molecular formula is C22H27N5O. The van der Waals surface area contributed by atoms with Gasteiger partial charge in [0.1, 0.15) is 5.65 Å². The summed E-state index contributed by atoms with van der Waals surface area (Å²) in [4.78, 5) is 21.7. The van der Waals surface area contributed by atoms with Crippen LogP contribution in [0.15, 0.2) is 54.9 Å². The number of anilines is 1. The molecule has 6 heteroatoms. The van der Waals surface area contributed by atoms with Gasteiger partial charge in [-0.1, -0.05) is 25.1 Å². The maximum Gasteiger partial charge on any atom is 0.238 e. The lowest BCUT2D eigenvalue weighted by molar-refractivity contribution is -0.117. The Morgan fingerprint density at radius 1 is 1.07 bits per heavy atom. The van der Waals surface area contributed by atoms with Crippen molar-refractivity contribution < 1.29 is 4.79 Å². The minimum atomic E-state index is 0.0575. The summed E-state index contributed by atoms with van der Waals surface area (Å²) in [5.74, 6) is 0.0575. The first-order valence-electron chi connectivity index (χ1n) is 9.96. The number of hydrogen-bond donors (Lipinski definition) is 1. The topological polar surface area (TPSA) is 52.9 Å².